The van der Waals surface area contributed by atoms with Gasteiger partial charge in [-0.1, -0.05) is 35.9 Å². The van der Waals surface area contributed by atoms with Gasteiger partial charge in [-0.15, -0.1) is 0 Å². The van der Waals surface area contributed by atoms with Crippen LogP contribution in [0.3, 0.4) is 0 Å². The summed E-state index contributed by atoms with van der Waals surface area (Å²) in [6.07, 6.45) is 2.86. The number of halogens is 3. The minimum Gasteiger partial charge on any atom is -0.495 e. The number of fused-ring (bicyclic) bond motifs is 1. The fourth-order valence-electron chi connectivity index (χ4n) is 5.01. The SMILES string of the molecule is COc1ccc(C(=O)Nc2cnn3c2C(=O)N(c2ccc(C(F)(F)c4ccc(Cl)cc4)cc2)CC3CN(C)S(C)=O)cc1C#N. The summed E-state index contributed by atoms with van der Waals surface area (Å²) in [6.45, 7) is 0.324. The van der Waals surface area contributed by atoms with E-state index in [1.165, 1.54) is 95.9 Å². The number of amides is 2. The number of methoxy groups -OCH3 is 1. The number of benzene rings is 3. The Morgan fingerprint density at radius 2 is 1.82 bits per heavy atom. The van der Waals surface area contributed by atoms with Crippen molar-refractivity contribution in [3.8, 4) is 11.8 Å². The highest BCUT2D eigenvalue weighted by molar-refractivity contribution is 7.81. The van der Waals surface area contributed by atoms with Crippen LogP contribution >= 0.6 is 11.6 Å². The molecule has 0 aliphatic carbocycles. The molecule has 10 nitrogen and oxygen atoms in total. The second-order valence-electron chi connectivity index (χ2n) is 10.3. The highest BCUT2D eigenvalue weighted by atomic mass is 35.5. The number of nitriles is 1. The molecule has 14 heteroatoms. The van der Waals surface area contributed by atoms with Crippen molar-refractivity contribution in [2.45, 2.75) is 12.0 Å². The van der Waals surface area contributed by atoms with E-state index in [9.17, 15) is 19.1 Å². The van der Waals surface area contributed by atoms with E-state index in [0.29, 0.717) is 16.5 Å². The van der Waals surface area contributed by atoms with Crippen LogP contribution in [0.4, 0.5) is 20.2 Å². The molecule has 2 amide bonds. The minimum atomic E-state index is -3.31. The zero-order valence-electron chi connectivity index (χ0n) is 24.3. The number of hydrogen-bond donors (Lipinski definition) is 1. The van der Waals surface area contributed by atoms with Crippen LogP contribution in [0.5, 0.6) is 5.75 Å². The Bertz CT molecular complexity index is 1830. The molecule has 4 aromatic rings. The van der Waals surface area contributed by atoms with E-state index in [1.54, 1.807) is 11.4 Å². The molecule has 0 spiro atoms. The smallest absolute Gasteiger partial charge is 0.298 e. The summed E-state index contributed by atoms with van der Waals surface area (Å²) >= 11 is 5.86. The first-order valence-corrected chi connectivity index (χ1v) is 15.4. The molecule has 232 valence electrons. The van der Waals surface area contributed by atoms with Crippen molar-refractivity contribution in [1.29, 1.82) is 5.26 Å². The molecule has 0 saturated heterocycles. The van der Waals surface area contributed by atoms with Gasteiger partial charge in [-0.05, 0) is 49.5 Å². The summed E-state index contributed by atoms with van der Waals surface area (Å²) in [5.41, 5.74) is 0.323. The first kappa shape index (κ1) is 31.8. The number of hydrogen-bond acceptors (Lipinski definition) is 6. The standard InChI is InChI=1S/C31H27ClF2N6O4S/c1-38(45(3)43)17-25-18-39(24-11-7-22(8-12-24)31(33,34)21-5-9-23(32)10-6-21)30(42)28-26(16-36-40(25)28)37-29(41)19-4-13-27(44-2)20(14-19)15-35/h4-14,16,25H,17-18H2,1-3H3,(H,37,41). The second kappa shape index (κ2) is 12.8. The Balaban J connectivity index is 1.47. The molecule has 0 fully saturated rings. The van der Waals surface area contributed by atoms with Crippen molar-refractivity contribution in [3.63, 3.8) is 0 Å². The fraction of sp³-hybridized carbons (Fsp3) is 0.226. The van der Waals surface area contributed by atoms with Gasteiger partial charge in [-0.3, -0.25) is 14.3 Å². The number of nitrogens with zero attached hydrogens (tertiary/aromatic N) is 5. The zero-order chi connectivity index (χ0) is 32.5. The van der Waals surface area contributed by atoms with Crippen LogP contribution in [0, 0.1) is 11.3 Å². The number of anilines is 2. The number of rotatable bonds is 9. The molecule has 0 saturated carbocycles. The maximum absolute atomic E-state index is 15.3. The van der Waals surface area contributed by atoms with Gasteiger partial charge in [0, 0.05) is 40.2 Å². The largest absolute Gasteiger partial charge is 0.495 e. The highest BCUT2D eigenvalue weighted by Gasteiger charge is 2.38. The summed E-state index contributed by atoms with van der Waals surface area (Å²) in [4.78, 5) is 28.5. The first-order chi connectivity index (χ1) is 21.4. The molecule has 1 aliphatic heterocycles. The third-order valence-corrected chi connectivity index (χ3v) is 8.75. The molecule has 1 aromatic heterocycles. The summed E-state index contributed by atoms with van der Waals surface area (Å²) < 4.78 is 50.9. The van der Waals surface area contributed by atoms with Gasteiger partial charge in [0.15, 0.2) is 5.69 Å². The van der Waals surface area contributed by atoms with E-state index in [4.69, 9.17) is 16.3 Å². The predicted octanol–water partition coefficient (Wildman–Crippen LogP) is 5.24. The Labute approximate surface area is 265 Å². The van der Waals surface area contributed by atoms with Gasteiger partial charge in [-0.2, -0.15) is 19.1 Å². The average molecular weight is 653 g/mol. The van der Waals surface area contributed by atoms with Crippen LogP contribution in [0.2, 0.25) is 5.02 Å². The van der Waals surface area contributed by atoms with Crippen LogP contribution in [0.15, 0.2) is 72.9 Å². The van der Waals surface area contributed by atoms with Crippen molar-refractivity contribution in [1.82, 2.24) is 14.1 Å². The summed E-state index contributed by atoms with van der Waals surface area (Å²) in [5.74, 6) is -4.12. The molecule has 2 atom stereocenters. The van der Waals surface area contributed by atoms with Crippen molar-refractivity contribution >= 4 is 45.8 Å². The first-order valence-electron chi connectivity index (χ1n) is 13.5. The molecule has 5 rings (SSSR count). The van der Waals surface area contributed by atoms with Crippen LogP contribution < -0.4 is 15.0 Å². The topological polar surface area (TPSA) is 121 Å². The van der Waals surface area contributed by atoms with Gasteiger partial charge in [-0.25, -0.2) is 8.51 Å². The molecular formula is C31H27ClF2N6O4S. The van der Waals surface area contributed by atoms with E-state index >= 15 is 8.78 Å². The lowest BCUT2D eigenvalue weighted by molar-refractivity contribution is 0.0428. The van der Waals surface area contributed by atoms with Crippen molar-refractivity contribution in [2.75, 3.05) is 43.7 Å². The average Bonchev–Trinajstić information content (AvgIpc) is 3.46. The van der Waals surface area contributed by atoms with Crippen LogP contribution in [-0.2, 0) is 16.9 Å². The van der Waals surface area contributed by atoms with Gasteiger partial charge in [0.05, 0.1) is 48.1 Å². The number of likely N-dealkylation sites (N-methyl/N-ethyl adjacent to an activating group) is 1. The molecular weight excluding hydrogens is 626 g/mol. The van der Waals surface area contributed by atoms with E-state index < -0.39 is 34.8 Å². The third-order valence-electron chi connectivity index (χ3n) is 7.47. The Hall–Kier alpha value is -4.64. The zero-order valence-corrected chi connectivity index (χ0v) is 25.9. The summed E-state index contributed by atoms with van der Waals surface area (Å²) in [5, 5.41) is 16.8. The fourth-order valence-corrected chi connectivity index (χ4v) is 5.52. The Kier molecular flexibility index (Phi) is 9.01. The lowest BCUT2D eigenvalue weighted by atomic mass is 10.00. The number of alkyl halides is 2. The maximum Gasteiger partial charge on any atom is 0.298 e. The number of carbonyl (C=O) groups is 2. The van der Waals surface area contributed by atoms with Gasteiger partial charge in [0.1, 0.15) is 11.8 Å². The second-order valence-corrected chi connectivity index (χ2v) is 12.2. The Morgan fingerprint density at radius 1 is 1.18 bits per heavy atom. The molecule has 45 heavy (non-hydrogen) atoms. The molecule has 0 bridgehead atoms. The van der Waals surface area contributed by atoms with E-state index in [1.807, 2.05) is 6.07 Å². The molecule has 0 radical (unpaired) electrons. The van der Waals surface area contributed by atoms with Crippen LogP contribution in [0.1, 0.15) is 43.6 Å². The van der Waals surface area contributed by atoms with Gasteiger partial charge >= 0.3 is 0 Å². The molecule has 1 aliphatic rings. The van der Waals surface area contributed by atoms with E-state index in [2.05, 4.69) is 10.4 Å². The maximum atomic E-state index is 15.3. The van der Waals surface area contributed by atoms with Crippen molar-refractivity contribution in [2.24, 2.45) is 0 Å². The number of carbonyl (C=O) groups excluding carboxylic acids is 2. The van der Waals surface area contributed by atoms with Crippen molar-refractivity contribution < 1.29 is 27.3 Å². The third kappa shape index (κ3) is 6.30. The summed E-state index contributed by atoms with van der Waals surface area (Å²) in [6, 6.07) is 16.5. The normalized spacial score (nSPS) is 15.4. The van der Waals surface area contributed by atoms with E-state index in [-0.39, 0.29) is 46.7 Å². The van der Waals surface area contributed by atoms with Crippen molar-refractivity contribution in [3.05, 3.63) is 106 Å². The number of nitrogens with one attached hydrogen (secondary N) is 1. The predicted molar refractivity (Wildman–Crippen MR) is 166 cm³/mol. The quantitative estimate of drug-likeness (QED) is 0.264. The molecule has 2 heterocycles. The van der Waals surface area contributed by atoms with E-state index in [0.717, 1.165) is 0 Å². The highest BCUT2D eigenvalue weighted by Crippen LogP contribution is 2.38. The lowest BCUT2D eigenvalue weighted by Gasteiger charge is -2.35. The van der Waals surface area contributed by atoms with Gasteiger partial charge < -0.3 is 15.0 Å². The lowest BCUT2D eigenvalue weighted by Crippen LogP contribution is -2.47. The number of aromatic nitrogens is 2. The molecule has 3 aromatic carbocycles. The van der Waals surface area contributed by atoms with Crippen LogP contribution in [-0.4, -0.2) is 63.6 Å². The monoisotopic (exact) mass is 652 g/mol. The molecule has 2 unspecified atom stereocenters. The van der Waals surface area contributed by atoms with Crippen LogP contribution in [0.25, 0.3) is 0 Å². The molecule has 1 N–H and O–H groups in total. The minimum absolute atomic E-state index is 0.0551. The Morgan fingerprint density at radius 3 is 2.42 bits per heavy atom. The van der Waals surface area contributed by atoms with Gasteiger partial charge in [0.25, 0.3) is 17.7 Å². The summed E-state index contributed by atoms with van der Waals surface area (Å²) in [7, 11) is 1.74. The number of ether oxygens (including phenoxy) is 1. The van der Waals surface area contributed by atoms with Gasteiger partial charge in [0.2, 0.25) is 0 Å².